The number of hydrogen-bond donors (Lipinski definition) is 0. The second kappa shape index (κ2) is 9.21. The molecular formula is C22H19ClN4O2S2. The van der Waals surface area contributed by atoms with Gasteiger partial charge in [0.05, 0.1) is 27.5 Å². The molecule has 0 radical (unpaired) electrons. The van der Waals surface area contributed by atoms with Gasteiger partial charge in [-0.2, -0.15) is 0 Å². The summed E-state index contributed by atoms with van der Waals surface area (Å²) in [7, 11) is 1.75. The van der Waals surface area contributed by atoms with E-state index >= 15 is 0 Å². The van der Waals surface area contributed by atoms with Crippen molar-refractivity contribution in [3.63, 3.8) is 0 Å². The number of pyridine rings is 1. The lowest BCUT2D eigenvalue weighted by molar-refractivity contribution is -0.127. The van der Waals surface area contributed by atoms with Crippen LogP contribution in [0.5, 0.6) is 0 Å². The van der Waals surface area contributed by atoms with Crippen LogP contribution in [0.1, 0.15) is 10.4 Å². The van der Waals surface area contributed by atoms with Crippen LogP contribution in [-0.2, 0) is 11.3 Å². The predicted octanol–water partition coefficient (Wildman–Crippen LogP) is 4.55. The summed E-state index contributed by atoms with van der Waals surface area (Å²) in [6, 6.07) is 14.6. The molecule has 0 aliphatic rings. The van der Waals surface area contributed by atoms with E-state index in [1.165, 1.54) is 27.7 Å². The number of rotatable bonds is 6. The Morgan fingerprint density at radius 2 is 2.03 bits per heavy atom. The average molecular weight is 471 g/mol. The highest BCUT2D eigenvalue weighted by molar-refractivity contribution is 7.99. The minimum Gasteiger partial charge on any atom is -0.340 e. The third kappa shape index (κ3) is 4.81. The van der Waals surface area contributed by atoms with Crippen molar-refractivity contribution < 1.29 is 4.79 Å². The van der Waals surface area contributed by atoms with E-state index in [0.717, 1.165) is 10.4 Å². The standard InChI is InChI=1S/C22H19ClN4O2S2/c1-14-9-10-24-19(11-14)27-21(29)16-5-3-4-6-17(16)25-22(27)30-13-20(28)26(2)12-15-7-8-18(23)31-15/h3-11H,12-13H2,1-2H3. The SMILES string of the molecule is Cc1ccnc(-n2c(SCC(=O)N(C)Cc3ccc(Cl)s3)nc3ccccc3c2=O)c1. The quantitative estimate of drug-likeness (QED) is 0.305. The van der Waals surface area contributed by atoms with Gasteiger partial charge in [-0.3, -0.25) is 9.59 Å². The van der Waals surface area contributed by atoms with E-state index < -0.39 is 0 Å². The van der Waals surface area contributed by atoms with Crippen LogP contribution in [0.25, 0.3) is 16.7 Å². The maximum absolute atomic E-state index is 13.2. The third-order valence-electron chi connectivity index (χ3n) is 4.65. The molecule has 0 aliphatic carbocycles. The molecule has 4 aromatic rings. The van der Waals surface area contributed by atoms with E-state index in [4.69, 9.17) is 11.6 Å². The summed E-state index contributed by atoms with van der Waals surface area (Å²) in [4.78, 5) is 37.6. The number of carbonyl (C=O) groups is 1. The number of aromatic nitrogens is 3. The zero-order chi connectivity index (χ0) is 22.0. The smallest absolute Gasteiger partial charge is 0.267 e. The first kappa shape index (κ1) is 21.5. The Bertz CT molecular complexity index is 1320. The van der Waals surface area contributed by atoms with E-state index in [1.54, 1.807) is 30.3 Å². The fourth-order valence-electron chi connectivity index (χ4n) is 3.05. The number of thioether (sulfide) groups is 1. The number of thiophene rings is 1. The van der Waals surface area contributed by atoms with E-state index in [1.807, 2.05) is 43.3 Å². The fraction of sp³-hybridized carbons (Fsp3) is 0.182. The molecule has 0 aliphatic heterocycles. The summed E-state index contributed by atoms with van der Waals surface area (Å²) in [6.45, 7) is 2.42. The van der Waals surface area contributed by atoms with Crippen LogP contribution in [0.3, 0.4) is 0 Å². The summed E-state index contributed by atoms with van der Waals surface area (Å²) in [5.74, 6) is 0.562. The molecule has 6 nitrogen and oxygen atoms in total. The lowest BCUT2D eigenvalue weighted by Crippen LogP contribution is -2.28. The molecule has 1 amide bonds. The lowest BCUT2D eigenvalue weighted by atomic mass is 10.2. The Hall–Kier alpha value is -2.68. The topological polar surface area (TPSA) is 68.1 Å². The second-order valence-corrected chi connectivity index (χ2v) is 9.73. The number of amides is 1. The van der Waals surface area contributed by atoms with Crippen molar-refractivity contribution in [1.29, 1.82) is 0 Å². The van der Waals surface area contributed by atoms with E-state index in [2.05, 4.69) is 9.97 Å². The highest BCUT2D eigenvalue weighted by atomic mass is 35.5. The Kier molecular flexibility index (Phi) is 6.41. The molecule has 9 heteroatoms. The number of para-hydroxylation sites is 1. The molecule has 0 atom stereocenters. The zero-order valence-electron chi connectivity index (χ0n) is 16.9. The predicted molar refractivity (Wildman–Crippen MR) is 126 cm³/mol. The molecule has 1 aromatic carbocycles. The van der Waals surface area contributed by atoms with Crippen LogP contribution >= 0.6 is 34.7 Å². The first-order chi connectivity index (χ1) is 14.9. The number of halogens is 1. The molecule has 0 saturated heterocycles. The Labute approximate surface area is 192 Å². The monoisotopic (exact) mass is 470 g/mol. The minimum atomic E-state index is -0.208. The number of hydrogen-bond acceptors (Lipinski definition) is 6. The number of carbonyl (C=O) groups excluding carboxylic acids is 1. The summed E-state index contributed by atoms with van der Waals surface area (Å²) < 4.78 is 2.17. The van der Waals surface area contributed by atoms with Gasteiger partial charge in [-0.15, -0.1) is 11.3 Å². The third-order valence-corrected chi connectivity index (χ3v) is 6.79. The molecule has 0 saturated carbocycles. The van der Waals surface area contributed by atoms with Gasteiger partial charge in [0.25, 0.3) is 5.56 Å². The maximum atomic E-state index is 13.2. The van der Waals surface area contributed by atoms with Crippen LogP contribution in [0.15, 0.2) is 64.7 Å². The van der Waals surface area contributed by atoms with Crippen molar-refractivity contribution in [2.24, 2.45) is 0 Å². The first-order valence-electron chi connectivity index (χ1n) is 9.48. The second-order valence-electron chi connectivity index (χ2n) is 6.99. The van der Waals surface area contributed by atoms with Crippen LogP contribution < -0.4 is 5.56 Å². The summed E-state index contributed by atoms with van der Waals surface area (Å²) in [6.07, 6.45) is 1.66. The van der Waals surface area contributed by atoms with Gasteiger partial charge in [-0.1, -0.05) is 35.5 Å². The molecule has 0 N–H and O–H groups in total. The van der Waals surface area contributed by atoms with E-state index in [0.29, 0.717) is 32.8 Å². The van der Waals surface area contributed by atoms with Gasteiger partial charge in [0.2, 0.25) is 5.91 Å². The van der Waals surface area contributed by atoms with Gasteiger partial charge in [-0.05, 0) is 48.9 Å². The molecular weight excluding hydrogens is 452 g/mol. The van der Waals surface area contributed by atoms with Crippen LogP contribution in [0, 0.1) is 6.92 Å². The molecule has 3 heterocycles. The average Bonchev–Trinajstić information content (AvgIpc) is 3.16. The van der Waals surface area contributed by atoms with Gasteiger partial charge in [0.15, 0.2) is 5.16 Å². The van der Waals surface area contributed by atoms with Gasteiger partial charge in [0.1, 0.15) is 5.82 Å². The molecule has 0 unspecified atom stereocenters. The van der Waals surface area contributed by atoms with Crippen molar-refractivity contribution in [3.05, 3.63) is 79.9 Å². The van der Waals surface area contributed by atoms with Crippen molar-refractivity contribution in [2.75, 3.05) is 12.8 Å². The largest absolute Gasteiger partial charge is 0.340 e. The van der Waals surface area contributed by atoms with Gasteiger partial charge < -0.3 is 4.90 Å². The van der Waals surface area contributed by atoms with Crippen molar-refractivity contribution >= 4 is 51.5 Å². The van der Waals surface area contributed by atoms with Gasteiger partial charge in [0, 0.05) is 18.1 Å². The van der Waals surface area contributed by atoms with Crippen LogP contribution in [0.2, 0.25) is 4.34 Å². The van der Waals surface area contributed by atoms with Gasteiger partial charge in [-0.25, -0.2) is 14.5 Å². The van der Waals surface area contributed by atoms with Crippen molar-refractivity contribution in [3.8, 4) is 5.82 Å². The molecule has 158 valence electrons. The maximum Gasteiger partial charge on any atom is 0.267 e. The minimum absolute atomic E-state index is 0.0688. The van der Waals surface area contributed by atoms with Gasteiger partial charge >= 0.3 is 0 Å². The zero-order valence-corrected chi connectivity index (χ0v) is 19.3. The Balaban J connectivity index is 1.64. The fourth-order valence-corrected chi connectivity index (χ4v) is 5.13. The molecule has 3 aromatic heterocycles. The number of aryl methyl sites for hydroxylation is 1. The molecule has 0 fully saturated rings. The van der Waals surface area contributed by atoms with E-state index in [-0.39, 0.29) is 17.2 Å². The highest BCUT2D eigenvalue weighted by Crippen LogP contribution is 2.24. The number of benzene rings is 1. The molecule has 4 rings (SSSR count). The number of nitrogens with zero attached hydrogens (tertiary/aromatic N) is 4. The number of fused-ring (bicyclic) bond motifs is 1. The van der Waals surface area contributed by atoms with Crippen LogP contribution in [-0.4, -0.2) is 38.1 Å². The molecule has 0 bridgehead atoms. The highest BCUT2D eigenvalue weighted by Gasteiger charge is 2.17. The Morgan fingerprint density at radius 3 is 2.77 bits per heavy atom. The van der Waals surface area contributed by atoms with Crippen LogP contribution in [0.4, 0.5) is 0 Å². The van der Waals surface area contributed by atoms with Crippen molar-refractivity contribution in [2.45, 2.75) is 18.6 Å². The summed E-state index contributed by atoms with van der Waals surface area (Å²) in [5.41, 5.74) is 1.36. The molecule has 0 spiro atoms. The normalized spacial score (nSPS) is 11.1. The summed E-state index contributed by atoms with van der Waals surface area (Å²) >= 11 is 8.66. The molecule has 31 heavy (non-hydrogen) atoms. The lowest BCUT2D eigenvalue weighted by Gasteiger charge is -2.17. The Morgan fingerprint density at radius 1 is 1.23 bits per heavy atom. The summed E-state index contributed by atoms with van der Waals surface area (Å²) in [5, 5.41) is 0.941. The van der Waals surface area contributed by atoms with E-state index in [9.17, 15) is 9.59 Å². The first-order valence-corrected chi connectivity index (χ1v) is 11.7. The van der Waals surface area contributed by atoms with Crippen molar-refractivity contribution in [1.82, 2.24) is 19.4 Å².